The molecule has 19 heavy (non-hydrogen) atoms. The third-order valence-electron chi connectivity index (χ3n) is 3.07. The fourth-order valence-electron chi connectivity index (χ4n) is 1.65. The quantitative estimate of drug-likeness (QED) is 0.737. The monoisotopic (exact) mass is 266 g/mol. The number of rotatable bonds is 5. The van der Waals surface area contributed by atoms with Crippen molar-refractivity contribution in [3.63, 3.8) is 0 Å². The molecule has 0 spiro atoms. The van der Waals surface area contributed by atoms with Gasteiger partial charge >= 0.3 is 5.97 Å². The van der Waals surface area contributed by atoms with Gasteiger partial charge in [-0.1, -0.05) is 20.3 Å². The molecule has 104 valence electrons. The van der Waals surface area contributed by atoms with Crippen molar-refractivity contribution in [1.82, 2.24) is 10.3 Å². The van der Waals surface area contributed by atoms with Gasteiger partial charge in [0, 0.05) is 5.69 Å². The van der Waals surface area contributed by atoms with Crippen LogP contribution in [0.2, 0.25) is 0 Å². The summed E-state index contributed by atoms with van der Waals surface area (Å²) in [6, 6.07) is 1.98. The van der Waals surface area contributed by atoms with E-state index in [9.17, 15) is 14.4 Å². The second kappa shape index (κ2) is 6.17. The van der Waals surface area contributed by atoms with Crippen LogP contribution in [0.4, 0.5) is 0 Å². The Hall–Kier alpha value is -2.11. The first kappa shape index (κ1) is 14.9. The van der Waals surface area contributed by atoms with Gasteiger partial charge < -0.3 is 15.4 Å². The van der Waals surface area contributed by atoms with E-state index >= 15 is 0 Å². The number of hydrogen-bond donors (Lipinski definition) is 3. The number of carboxylic acid groups (broad SMARTS) is 1. The van der Waals surface area contributed by atoms with Gasteiger partial charge in [-0.05, 0) is 25.0 Å². The number of nitrogens with one attached hydrogen (secondary N) is 2. The van der Waals surface area contributed by atoms with E-state index in [-0.39, 0.29) is 11.5 Å². The molecular formula is C13H18N2O4. The number of carbonyl (C=O) groups excluding carboxylic acids is 1. The summed E-state index contributed by atoms with van der Waals surface area (Å²) in [4.78, 5) is 37.1. The molecule has 1 aromatic heterocycles. The molecule has 1 rings (SSSR count). The number of aromatic nitrogens is 1. The van der Waals surface area contributed by atoms with Crippen LogP contribution in [0, 0.1) is 12.8 Å². The second-order valence-electron chi connectivity index (χ2n) is 4.56. The minimum absolute atomic E-state index is 0.0832. The molecule has 0 fully saturated rings. The van der Waals surface area contributed by atoms with Gasteiger partial charge in [0.05, 0.1) is 0 Å². The first-order valence-electron chi connectivity index (χ1n) is 6.10. The highest BCUT2D eigenvalue weighted by Crippen LogP contribution is 2.08. The molecule has 1 aromatic rings. The predicted octanol–water partition coefficient (Wildman–Crippen LogP) is 0.912. The summed E-state index contributed by atoms with van der Waals surface area (Å²) in [7, 11) is 0. The average molecular weight is 266 g/mol. The van der Waals surface area contributed by atoms with Crippen LogP contribution in [-0.4, -0.2) is 28.0 Å². The zero-order chi connectivity index (χ0) is 14.6. The number of amides is 1. The van der Waals surface area contributed by atoms with Crippen LogP contribution in [0.15, 0.2) is 16.9 Å². The van der Waals surface area contributed by atoms with Crippen molar-refractivity contribution in [2.45, 2.75) is 33.2 Å². The van der Waals surface area contributed by atoms with Gasteiger partial charge in [0.25, 0.3) is 11.5 Å². The SMILES string of the molecule is CCC(C)C(NC(=O)c1ccc(C)[nH]c1=O)C(=O)O. The van der Waals surface area contributed by atoms with Crippen molar-refractivity contribution in [2.24, 2.45) is 5.92 Å². The molecule has 0 aromatic carbocycles. The van der Waals surface area contributed by atoms with E-state index in [1.807, 2.05) is 6.92 Å². The Morgan fingerprint density at radius 3 is 2.53 bits per heavy atom. The van der Waals surface area contributed by atoms with E-state index in [2.05, 4.69) is 10.3 Å². The van der Waals surface area contributed by atoms with Crippen LogP contribution in [0.1, 0.15) is 36.3 Å². The van der Waals surface area contributed by atoms with Gasteiger partial charge in [0.15, 0.2) is 0 Å². The normalized spacial score (nSPS) is 13.6. The first-order chi connectivity index (χ1) is 8.86. The molecular weight excluding hydrogens is 248 g/mol. The summed E-state index contributed by atoms with van der Waals surface area (Å²) in [6.07, 6.45) is 0.613. The average Bonchev–Trinajstić information content (AvgIpc) is 2.34. The summed E-state index contributed by atoms with van der Waals surface area (Å²) >= 11 is 0. The van der Waals surface area contributed by atoms with Crippen molar-refractivity contribution in [1.29, 1.82) is 0 Å². The molecule has 1 amide bonds. The standard InChI is InChI=1S/C13H18N2O4/c1-4-7(2)10(13(18)19)15-12(17)9-6-5-8(3)14-11(9)16/h5-7,10H,4H2,1-3H3,(H,14,16)(H,15,17)(H,18,19). The van der Waals surface area contributed by atoms with Crippen LogP contribution < -0.4 is 10.9 Å². The number of carboxylic acids is 1. The molecule has 0 aliphatic rings. The Bertz CT molecular complexity index is 536. The fourth-order valence-corrected chi connectivity index (χ4v) is 1.65. The summed E-state index contributed by atoms with van der Waals surface area (Å²) in [5.41, 5.74) is 0.0317. The van der Waals surface area contributed by atoms with E-state index in [1.54, 1.807) is 19.9 Å². The zero-order valence-electron chi connectivity index (χ0n) is 11.2. The van der Waals surface area contributed by atoms with Crippen molar-refractivity contribution in [3.8, 4) is 0 Å². The van der Waals surface area contributed by atoms with Crippen molar-refractivity contribution in [3.05, 3.63) is 33.7 Å². The van der Waals surface area contributed by atoms with Gasteiger partial charge in [-0.25, -0.2) is 4.79 Å². The maximum absolute atomic E-state index is 11.9. The smallest absolute Gasteiger partial charge is 0.326 e. The predicted molar refractivity (Wildman–Crippen MR) is 70.1 cm³/mol. The Balaban J connectivity index is 2.94. The summed E-state index contributed by atoms with van der Waals surface area (Å²) < 4.78 is 0. The largest absolute Gasteiger partial charge is 0.480 e. The van der Waals surface area contributed by atoms with Crippen LogP contribution in [0.25, 0.3) is 0 Å². The summed E-state index contributed by atoms with van der Waals surface area (Å²) in [5.74, 6) is -1.99. The van der Waals surface area contributed by atoms with E-state index < -0.39 is 23.5 Å². The van der Waals surface area contributed by atoms with Gasteiger partial charge in [0.2, 0.25) is 0 Å². The molecule has 0 radical (unpaired) electrons. The molecule has 0 saturated carbocycles. The maximum atomic E-state index is 11.9. The fraction of sp³-hybridized carbons (Fsp3) is 0.462. The minimum Gasteiger partial charge on any atom is -0.480 e. The molecule has 0 saturated heterocycles. The lowest BCUT2D eigenvalue weighted by Crippen LogP contribution is -2.46. The minimum atomic E-state index is -1.11. The van der Waals surface area contributed by atoms with E-state index in [0.717, 1.165) is 0 Å². The number of carbonyl (C=O) groups is 2. The first-order valence-corrected chi connectivity index (χ1v) is 6.10. The van der Waals surface area contributed by atoms with E-state index in [1.165, 1.54) is 6.07 Å². The Kier molecular flexibility index (Phi) is 4.86. The molecule has 0 aliphatic carbocycles. The lowest BCUT2D eigenvalue weighted by Gasteiger charge is -2.19. The Labute approximate surface area is 110 Å². The van der Waals surface area contributed by atoms with Crippen molar-refractivity contribution < 1.29 is 14.7 Å². The van der Waals surface area contributed by atoms with Gasteiger partial charge in [-0.15, -0.1) is 0 Å². The summed E-state index contributed by atoms with van der Waals surface area (Å²) in [5, 5.41) is 11.5. The highest BCUT2D eigenvalue weighted by atomic mass is 16.4. The van der Waals surface area contributed by atoms with Crippen LogP contribution in [0.3, 0.4) is 0 Å². The molecule has 6 heteroatoms. The zero-order valence-corrected chi connectivity index (χ0v) is 11.2. The lowest BCUT2D eigenvalue weighted by molar-refractivity contribution is -0.140. The number of aliphatic carboxylic acids is 1. The molecule has 0 aliphatic heterocycles. The number of hydrogen-bond acceptors (Lipinski definition) is 3. The lowest BCUT2D eigenvalue weighted by atomic mass is 9.99. The van der Waals surface area contributed by atoms with Crippen LogP contribution >= 0.6 is 0 Å². The van der Waals surface area contributed by atoms with Crippen molar-refractivity contribution >= 4 is 11.9 Å². The Morgan fingerprint density at radius 1 is 1.42 bits per heavy atom. The van der Waals surface area contributed by atoms with Gasteiger partial charge in [-0.3, -0.25) is 9.59 Å². The van der Waals surface area contributed by atoms with Gasteiger partial charge in [0.1, 0.15) is 11.6 Å². The third kappa shape index (κ3) is 3.67. The number of pyridine rings is 1. The number of aromatic amines is 1. The number of H-pyrrole nitrogens is 1. The van der Waals surface area contributed by atoms with Crippen molar-refractivity contribution in [2.75, 3.05) is 0 Å². The second-order valence-corrected chi connectivity index (χ2v) is 4.56. The highest BCUT2D eigenvalue weighted by molar-refractivity contribution is 5.96. The number of aryl methyl sites for hydroxylation is 1. The molecule has 3 N–H and O–H groups in total. The van der Waals surface area contributed by atoms with E-state index in [0.29, 0.717) is 12.1 Å². The highest BCUT2D eigenvalue weighted by Gasteiger charge is 2.26. The molecule has 2 unspecified atom stereocenters. The Morgan fingerprint density at radius 2 is 2.05 bits per heavy atom. The maximum Gasteiger partial charge on any atom is 0.326 e. The molecule has 6 nitrogen and oxygen atoms in total. The van der Waals surface area contributed by atoms with Crippen LogP contribution in [0.5, 0.6) is 0 Å². The topological polar surface area (TPSA) is 99.3 Å². The third-order valence-corrected chi connectivity index (χ3v) is 3.07. The molecule has 1 heterocycles. The summed E-state index contributed by atoms with van der Waals surface area (Å²) in [6.45, 7) is 5.27. The van der Waals surface area contributed by atoms with E-state index in [4.69, 9.17) is 5.11 Å². The molecule has 0 bridgehead atoms. The van der Waals surface area contributed by atoms with Gasteiger partial charge in [-0.2, -0.15) is 0 Å². The molecule has 2 atom stereocenters. The van der Waals surface area contributed by atoms with Crippen LogP contribution in [-0.2, 0) is 4.79 Å².